The van der Waals surface area contributed by atoms with Gasteiger partial charge in [-0.15, -0.1) is 11.8 Å². The van der Waals surface area contributed by atoms with Crippen LogP contribution in [0.25, 0.3) is 0 Å². The highest BCUT2D eigenvalue weighted by molar-refractivity contribution is 8.02. The molecule has 0 amide bonds. The summed E-state index contributed by atoms with van der Waals surface area (Å²) >= 11 is 1.47. The smallest absolute Gasteiger partial charge is 0.335 e. The summed E-state index contributed by atoms with van der Waals surface area (Å²) in [6.45, 7) is 0. The van der Waals surface area contributed by atoms with Gasteiger partial charge in [0.15, 0.2) is 0 Å². The fourth-order valence-electron chi connectivity index (χ4n) is 4.01. The van der Waals surface area contributed by atoms with Gasteiger partial charge in [-0.1, -0.05) is 60.7 Å². The Kier molecular flexibility index (Phi) is 7.20. The lowest BCUT2D eigenvalue weighted by Gasteiger charge is -2.19. The van der Waals surface area contributed by atoms with E-state index < -0.39 is 16.0 Å². The summed E-state index contributed by atoms with van der Waals surface area (Å²) in [5.74, 6) is -0.955. The van der Waals surface area contributed by atoms with E-state index in [0.29, 0.717) is 6.42 Å². The molecule has 3 aromatic carbocycles. The van der Waals surface area contributed by atoms with Crippen LogP contribution < -0.4 is 4.72 Å². The monoisotopic (exact) mass is 479 g/mol. The number of benzene rings is 3. The van der Waals surface area contributed by atoms with Crippen LogP contribution in [0.2, 0.25) is 0 Å². The molecule has 0 spiro atoms. The standard InChI is InChI=1S/C26H25NO4S2/c28-26(29)22-13-12-21-11-10-20-8-4-5-9-23(20)25(24(21)18-22)32-16-15-27-33(30,31)17-14-19-6-2-1-3-7-19/h1-9,12-13,15-16,18,25,27H,10-11,14,17H2,(H,28,29). The Morgan fingerprint density at radius 2 is 1.67 bits per heavy atom. The van der Waals surface area contributed by atoms with Gasteiger partial charge in [-0.2, -0.15) is 0 Å². The number of aromatic carboxylic acids is 1. The van der Waals surface area contributed by atoms with E-state index in [1.165, 1.54) is 23.5 Å². The highest BCUT2D eigenvalue weighted by Gasteiger charge is 2.24. The zero-order chi connectivity index (χ0) is 23.3. The van der Waals surface area contributed by atoms with Gasteiger partial charge in [-0.25, -0.2) is 13.2 Å². The van der Waals surface area contributed by atoms with Gasteiger partial charge >= 0.3 is 5.97 Å². The lowest BCUT2D eigenvalue weighted by molar-refractivity contribution is 0.0696. The average Bonchev–Trinajstić information content (AvgIpc) is 2.98. The summed E-state index contributed by atoms with van der Waals surface area (Å²) < 4.78 is 27.3. The van der Waals surface area contributed by atoms with Crippen molar-refractivity contribution in [1.82, 2.24) is 4.72 Å². The maximum Gasteiger partial charge on any atom is 0.335 e. The number of carbonyl (C=O) groups is 1. The molecule has 0 saturated carbocycles. The zero-order valence-corrected chi connectivity index (χ0v) is 19.6. The summed E-state index contributed by atoms with van der Waals surface area (Å²) in [6, 6.07) is 23.0. The molecule has 1 aliphatic rings. The second-order valence-corrected chi connectivity index (χ2v) is 10.8. The van der Waals surface area contributed by atoms with E-state index in [9.17, 15) is 18.3 Å². The van der Waals surface area contributed by atoms with Crippen molar-refractivity contribution in [2.75, 3.05) is 5.75 Å². The first-order valence-corrected chi connectivity index (χ1v) is 13.3. The molecule has 7 heteroatoms. The number of aryl methyl sites for hydroxylation is 3. The van der Waals surface area contributed by atoms with Crippen molar-refractivity contribution in [3.05, 3.63) is 118 Å². The van der Waals surface area contributed by atoms with Crippen molar-refractivity contribution in [1.29, 1.82) is 0 Å². The van der Waals surface area contributed by atoms with E-state index in [1.54, 1.807) is 17.5 Å². The summed E-state index contributed by atoms with van der Waals surface area (Å²) in [4.78, 5) is 11.6. The van der Waals surface area contributed by atoms with Crippen molar-refractivity contribution in [3.8, 4) is 0 Å². The maximum absolute atomic E-state index is 12.4. The first kappa shape index (κ1) is 23.1. The van der Waals surface area contributed by atoms with E-state index in [-0.39, 0.29) is 16.6 Å². The van der Waals surface area contributed by atoms with Crippen LogP contribution in [0, 0.1) is 0 Å². The third-order valence-corrected chi connectivity index (χ3v) is 8.02. The fourth-order valence-corrected chi connectivity index (χ4v) is 6.04. The molecule has 1 atom stereocenters. The number of nitrogens with one attached hydrogen (secondary N) is 1. The van der Waals surface area contributed by atoms with Crippen molar-refractivity contribution >= 4 is 27.8 Å². The second-order valence-electron chi connectivity index (χ2n) is 7.91. The number of rotatable bonds is 8. The summed E-state index contributed by atoms with van der Waals surface area (Å²) in [6.07, 6.45) is 3.61. The molecule has 33 heavy (non-hydrogen) atoms. The molecule has 1 unspecified atom stereocenters. The molecule has 170 valence electrons. The Bertz CT molecular complexity index is 1270. The average molecular weight is 480 g/mol. The van der Waals surface area contributed by atoms with Crippen LogP contribution in [0.3, 0.4) is 0 Å². The van der Waals surface area contributed by atoms with Crippen molar-refractivity contribution in [2.24, 2.45) is 0 Å². The van der Waals surface area contributed by atoms with Crippen LogP contribution in [0.1, 0.15) is 43.4 Å². The number of fused-ring (bicyclic) bond motifs is 2. The molecule has 2 N–H and O–H groups in total. The minimum absolute atomic E-state index is 0.00306. The molecule has 5 nitrogen and oxygen atoms in total. The predicted octanol–water partition coefficient (Wildman–Crippen LogP) is 4.94. The van der Waals surface area contributed by atoms with Crippen molar-refractivity contribution in [2.45, 2.75) is 24.5 Å². The van der Waals surface area contributed by atoms with E-state index in [0.717, 1.165) is 35.1 Å². The Morgan fingerprint density at radius 3 is 2.42 bits per heavy atom. The zero-order valence-electron chi connectivity index (χ0n) is 18.0. The maximum atomic E-state index is 12.4. The number of carboxylic acids is 1. The fraction of sp³-hybridized carbons (Fsp3) is 0.192. The molecule has 0 radical (unpaired) electrons. The third kappa shape index (κ3) is 5.86. The van der Waals surface area contributed by atoms with Crippen LogP contribution in [0.4, 0.5) is 0 Å². The van der Waals surface area contributed by atoms with Crippen LogP contribution in [-0.4, -0.2) is 25.2 Å². The third-order valence-electron chi connectivity index (χ3n) is 5.71. The second kappa shape index (κ2) is 10.3. The van der Waals surface area contributed by atoms with Crippen molar-refractivity contribution < 1.29 is 18.3 Å². The highest BCUT2D eigenvalue weighted by Crippen LogP contribution is 2.42. The molecule has 0 fully saturated rings. The Morgan fingerprint density at radius 1 is 0.970 bits per heavy atom. The van der Waals surface area contributed by atoms with Gasteiger partial charge in [0.1, 0.15) is 0 Å². The Labute approximate surface area is 198 Å². The molecule has 0 aromatic heterocycles. The van der Waals surface area contributed by atoms with Crippen LogP contribution in [0.5, 0.6) is 0 Å². The topological polar surface area (TPSA) is 83.5 Å². The SMILES string of the molecule is O=C(O)c1ccc2c(c1)C(SC=CNS(=O)(=O)CCc1ccccc1)c1ccccc1CC2. The normalized spacial score (nSPS) is 15.5. The number of hydrogen-bond donors (Lipinski definition) is 2. The number of hydrogen-bond acceptors (Lipinski definition) is 4. The van der Waals surface area contributed by atoms with E-state index in [1.807, 2.05) is 48.5 Å². The van der Waals surface area contributed by atoms with Gasteiger partial charge in [0, 0.05) is 6.20 Å². The molecular formula is C26H25NO4S2. The molecule has 0 bridgehead atoms. The summed E-state index contributed by atoms with van der Waals surface area (Å²) in [5, 5.41) is 11.1. The molecule has 4 rings (SSSR count). The first-order chi connectivity index (χ1) is 15.9. The minimum atomic E-state index is -3.46. The van der Waals surface area contributed by atoms with E-state index >= 15 is 0 Å². The molecule has 0 heterocycles. The predicted molar refractivity (Wildman–Crippen MR) is 133 cm³/mol. The Balaban J connectivity index is 1.51. The lowest BCUT2D eigenvalue weighted by atomic mass is 9.98. The van der Waals surface area contributed by atoms with Gasteiger partial charge in [0.2, 0.25) is 10.0 Å². The molecule has 0 aliphatic heterocycles. The minimum Gasteiger partial charge on any atom is -0.478 e. The summed E-state index contributed by atoms with van der Waals surface area (Å²) in [7, 11) is -3.46. The van der Waals surface area contributed by atoms with Crippen LogP contribution in [0.15, 0.2) is 84.4 Å². The van der Waals surface area contributed by atoms with Gasteiger partial charge in [0.25, 0.3) is 0 Å². The van der Waals surface area contributed by atoms with E-state index in [4.69, 9.17) is 0 Å². The largest absolute Gasteiger partial charge is 0.478 e. The lowest BCUT2D eigenvalue weighted by Crippen LogP contribution is -2.22. The van der Waals surface area contributed by atoms with E-state index in [2.05, 4.69) is 16.9 Å². The highest BCUT2D eigenvalue weighted by atomic mass is 32.2. The molecule has 1 aliphatic carbocycles. The molecular weight excluding hydrogens is 454 g/mol. The van der Waals surface area contributed by atoms with Crippen LogP contribution >= 0.6 is 11.8 Å². The molecule has 0 saturated heterocycles. The van der Waals surface area contributed by atoms with Gasteiger partial charge < -0.3 is 5.11 Å². The van der Waals surface area contributed by atoms with Crippen molar-refractivity contribution in [3.63, 3.8) is 0 Å². The van der Waals surface area contributed by atoms with Gasteiger partial charge in [0.05, 0.1) is 16.6 Å². The first-order valence-electron chi connectivity index (χ1n) is 10.7. The van der Waals surface area contributed by atoms with Crippen LogP contribution in [-0.2, 0) is 29.3 Å². The van der Waals surface area contributed by atoms with Gasteiger partial charge in [-0.3, -0.25) is 4.72 Å². The van der Waals surface area contributed by atoms with Gasteiger partial charge in [-0.05, 0) is 64.6 Å². The number of carboxylic acid groups (broad SMARTS) is 1. The summed E-state index contributed by atoms with van der Waals surface area (Å²) in [5.41, 5.74) is 5.65. The number of thioether (sulfide) groups is 1. The Hall–Kier alpha value is -3.03. The molecule has 3 aromatic rings. The number of sulfonamides is 1. The quantitative estimate of drug-likeness (QED) is 0.478.